The number of halogens is 1. The molecule has 1 aliphatic rings. The van der Waals surface area contributed by atoms with Crippen LogP contribution < -0.4 is 5.32 Å². The van der Waals surface area contributed by atoms with Crippen molar-refractivity contribution in [2.45, 2.75) is 20.3 Å². The van der Waals surface area contributed by atoms with Crippen LogP contribution in [0.4, 0.5) is 11.6 Å². The maximum atomic E-state index is 11.6. The predicted molar refractivity (Wildman–Crippen MR) is 113 cm³/mol. The Morgan fingerprint density at radius 2 is 2.14 bits per heavy atom. The number of aromatic amines is 1. The smallest absolute Gasteiger partial charge is 0.227 e. The van der Waals surface area contributed by atoms with E-state index in [4.69, 9.17) is 11.6 Å². The SMILES string of the molecule is CC(=O)c1cc2cc(Nc3nccc(C4=CCC(C)=CC=N4)n3)cc(Cl)c2[nH]1. The van der Waals surface area contributed by atoms with E-state index in [-0.39, 0.29) is 5.78 Å². The highest BCUT2D eigenvalue weighted by molar-refractivity contribution is 6.35. The van der Waals surface area contributed by atoms with E-state index in [2.05, 4.69) is 32.2 Å². The third kappa shape index (κ3) is 3.73. The number of fused-ring (bicyclic) bond motifs is 1. The predicted octanol–water partition coefficient (Wildman–Crippen LogP) is 5.32. The molecule has 0 unspecified atom stereocenters. The van der Waals surface area contributed by atoms with Crippen molar-refractivity contribution in [2.24, 2.45) is 4.99 Å². The number of rotatable bonds is 4. The molecule has 3 heterocycles. The molecule has 28 heavy (non-hydrogen) atoms. The summed E-state index contributed by atoms with van der Waals surface area (Å²) in [7, 11) is 0. The quantitative estimate of drug-likeness (QED) is 0.589. The van der Waals surface area contributed by atoms with E-state index < -0.39 is 0 Å². The molecule has 0 radical (unpaired) electrons. The number of hydrogen-bond donors (Lipinski definition) is 2. The van der Waals surface area contributed by atoms with Crippen LogP contribution in [0.3, 0.4) is 0 Å². The summed E-state index contributed by atoms with van der Waals surface area (Å²) in [5, 5.41) is 4.54. The van der Waals surface area contributed by atoms with Crippen LogP contribution in [0.1, 0.15) is 36.5 Å². The first-order valence-electron chi connectivity index (χ1n) is 8.83. The number of Topliss-reactive ketones (excluding diaryl/α,β-unsaturated/α-hetero) is 1. The van der Waals surface area contributed by atoms with Gasteiger partial charge in [-0.25, -0.2) is 9.97 Å². The van der Waals surface area contributed by atoms with Gasteiger partial charge in [0.05, 0.1) is 27.6 Å². The summed E-state index contributed by atoms with van der Waals surface area (Å²) in [5.74, 6) is 0.403. The van der Waals surface area contributed by atoms with Gasteiger partial charge in [-0.2, -0.15) is 0 Å². The van der Waals surface area contributed by atoms with E-state index in [1.807, 2.05) is 24.3 Å². The topological polar surface area (TPSA) is 83.0 Å². The average Bonchev–Trinajstić information content (AvgIpc) is 2.98. The standard InChI is InChI=1S/C21H18ClN5O/c1-12-3-4-17(23-7-5-12)18-6-8-24-21(27-18)25-15-9-14-10-19(13(2)28)26-20(14)16(22)11-15/h4-11,26H,3H2,1-2H3,(H,24,25,27). The second-order valence-electron chi connectivity index (χ2n) is 6.64. The Kier molecular flexibility index (Phi) is 4.79. The molecule has 1 aromatic carbocycles. The van der Waals surface area contributed by atoms with Crippen LogP contribution in [0.15, 0.2) is 53.2 Å². The summed E-state index contributed by atoms with van der Waals surface area (Å²) in [6, 6.07) is 7.29. The van der Waals surface area contributed by atoms with Gasteiger partial charge >= 0.3 is 0 Å². The first-order valence-corrected chi connectivity index (χ1v) is 9.21. The first-order chi connectivity index (χ1) is 13.5. The third-order valence-electron chi connectivity index (χ3n) is 4.42. The number of nitrogens with zero attached hydrogens (tertiary/aromatic N) is 3. The lowest BCUT2D eigenvalue weighted by atomic mass is 10.2. The fraction of sp³-hybridized carbons (Fsp3) is 0.143. The van der Waals surface area contributed by atoms with E-state index in [9.17, 15) is 4.79 Å². The van der Waals surface area contributed by atoms with Gasteiger partial charge in [0.25, 0.3) is 0 Å². The summed E-state index contributed by atoms with van der Waals surface area (Å²) in [6.45, 7) is 3.58. The molecule has 0 saturated carbocycles. The highest BCUT2D eigenvalue weighted by atomic mass is 35.5. The van der Waals surface area contributed by atoms with Gasteiger partial charge in [0.1, 0.15) is 0 Å². The Hall–Kier alpha value is -3.25. The summed E-state index contributed by atoms with van der Waals surface area (Å²) in [6.07, 6.45) is 8.35. The fourth-order valence-electron chi connectivity index (χ4n) is 2.95. The molecular weight excluding hydrogens is 374 g/mol. The lowest BCUT2D eigenvalue weighted by Crippen LogP contribution is -1.99. The van der Waals surface area contributed by atoms with Crippen molar-refractivity contribution in [2.75, 3.05) is 5.32 Å². The van der Waals surface area contributed by atoms with Crippen molar-refractivity contribution >= 4 is 51.8 Å². The molecule has 0 amide bonds. The summed E-state index contributed by atoms with van der Waals surface area (Å²) >= 11 is 6.37. The number of hydrogen-bond acceptors (Lipinski definition) is 5. The summed E-state index contributed by atoms with van der Waals surface area (Å²) in [5.41, 5.74) is 4.78. The monoisotopic (exact) mass is 391 g/mol. The Morgan fingerprint density at radius 1 is 1.29 bits per heavy atom. The lowest BCUT2D eigenvalue weighted by molar-refractivity contribution is 0.101. The molecule has 3 aromatic rings. The number of benzene rings is 1. The molecule has 4 rings (SSSR count). The molecule has 0 saturated heterocycles. The number of carbonyl (C=O) groups is 1. The van der Waals surface area contributed by atoms with Gasteiger partial charge in [0.15, 0.2) is 5.78 Å². The molecule has 0 fully saturated rings. The Balaban J connectivity index is 1.64. The average molecular weight is 392 g/mol. The number of nitrogens with one attached hydrogen (secondary N) is 2. The van der Waals surface area contributed by atoms with Crippen molar-refractivity contribution in [3.63, 3.8) is 0 Å². The number of H-pyrrole nitrogens is 1. The van der Waals surface area contributed by atoms with E-state index >= 15 is 0 Å². The van der Waals surface area contributed by atoms with Gasteiger partial charge in [-0.05, 0) is 43.7 Å². The molecule has 0 atom stereocenters. The van der Waals surface area contributed by atoms with Crippen molar-refractivity contribution in [1.82, 2.24) is 15.0 Å². The molecule has 2 aromatic heterocycles. The summed E-state index contributed by atoms with van der Waals surface area (Å²) < 4.78 is 0. The zero-order valence-corrected chi connectivity index (χ0v) is 16.2. The molecule has 0 spiro atoms. The largest absolute Gasteiger partial charge is 0.351 e. The number of aliphatic imine (C=N–C) groups is 1. The van der Waals surface area contributed by atoms with Gasteiger partial charge in [0, 0.05) is 30.4 Å². The van der Waals surface area contributed by atoms with Gasteiger partial charge in [0.2, 0.25) is 5.95 Å². The van der Waals surface area contributed by atoms with Crippen molar-refractivity contribution in [1.29, 1.82) is 0 Å². The van der Waals surface area contributed by atoms with E-state index in [0.29, 0.717) is 16.7 Å². The Labute approximate surface area is 167 Å². The number of ketones is 1. The zero-order chi connectivity index (χ0) is 19.7. The number of carbonyl (C=O) groups excluding carboxylic acids is 1. The van der Waals surface area contributed by atoms with Crippen LogP contribution in [0.5, 0.6) is 0 Å². The fourth-order valence-corrected chi connectivity index (χ4v) is 3.22. The van der Waals surface area contributed by atoms with Gasteiger partial charge in [-0.3, -0.25) is 9.79 Å². The second-order valence-corrected chi connectivity index (χ2v) is 7.04. The van der Waals surface area contributed by atoms with Gasteiger partial charge in [-0.1, -0.05) is 23.3 Å². The molecular formula is C21H18ClN5O. The second kappa shape index (κ2) is 7.40. The number of anilines is 2. The van der Waals surface area contributed by atoms with E-state index in [1.165, 1.54) is 12.5 Å². The van der Waals surface area contributed by atoms with Crippen LogP contribution in [-0.4, -0.2) is 26.9 Å². The molecule has 6 nitrogen and oxygen atoms in total. The molecule has 0 bridgehead atoms. The Bertz CT molecular complexity index is 1170. The van der Waals surface area contributed by atoms with Crippen molar-refractivity contribution in [3.8, 4) is 0 Å². The van der Waals surface area contributed by atoms with E-state index in [1.54, 1.807) is 24.5 Å². The molecule has 140 valence electrons. The minimum Gasteiger partial charge on any atom is -0.351 e. The minimum absolute atomic E-state index is 0.0419. The maximum Gasteiger partial charge on any atom is 0.227 e. The van der Waals surface area contributed by atoms with Crippen LogP contribution in [0.2, 0.25) is 5.02 Å². The number of allylic oxidation sites excluding steroid dienone is 3. The van der Waals surface area contributed by atoms with Crippen LogP contribution in [0.25, 0.3) is 16.6 Å². The maximum absolute atomic E-state index is 11.6. The summed E-state index contributed by atoms with van der Waals surface area (Å²) in [4.78, 5) is 28.0. The van der Waals surface area contributed by atoms with Crippen molar-refractivity contribution < 1.29 is 4.79 Å². The third-order valence-corrected chi connectivity index (χ3v) is 4.72. The highest BCUT2D eigenvalue weighted by Crippen LogP contribution is 2.29. The lowest BCUT2D eigenvalue weighted by Gasteiger charge is -2.08. The van der Waals surface area contributed by atoms with Crippen molar-refractivity contribution in [3.05, 3.63) is 64.6 Å². The van der Waals surface area contributed by atoms with Crippen LogP contribution >= 0.6 is 11.6 Å². The van der Waals surface area contributed by atoms with Crippen LogP contribution in [0, 0.1) is 0 Å². The highest BCUT2D eigenvalue weighted by Gasteiger charge is 2.11. The minimum atomic E-state index is -0.0419. The Morgan fingerprint density at radius 3 is 2.96 bits per heavy atom. The van der Waals surface area contributed by atoms with Crippen LogP contribution in [-0.2, 0) is 0 Å². The molecule has 7 heteroatoms. The van der Waals surface area contributed by atoms with Gasteiger partial charge in [-0.15, -0.1) is 0 Å². The zero-order valence-electron chi connectivity index (χ0n) is 15.5. The van der Waals surface area contributed by atoms with Gasteiger partial charge < -0.3 is 10.3 Å². The molecule has 1 aliphatic heterocycles. The number of aromatic nitrogens is 3. The first kappa shape index (κ1) is 18.1. The normalized spacial score (nSPS) is 13.8. The molecule has 2 N–H and O–H groups in total. The van der Waals surface area contributed by atoms with E-state index in [0.717, 1.165) is 34.4 Å². The molecule has 0 aliphatic carbocycles.